The van der Waals surface area contributed by atoms with Gasteiger partial charge in [-0.1, -0.05) is 20.8 Å². The van der Waals surface area contributed by atoms with Crippen LogP contribution in [0.2, 0.25) is 0 Å². The van der Waals surface area contributed by atoms with Crippen molar-refractivity contribution in [3.8, 4) is 0 Å². The first-order valence-electron chi connectivity index (χ1n) is 7.27. The van der Waals surface area contributed by atoms with Crippen LogP contribution in [-0.4, -0.2) is 21.5 Å². The largest absolute Gasteiger partial charge is 0.313 e. The van der Waals surface area contributed by atoms with Crippen molar-refractivity contribution < 1.29 is 12.8 Å². The van der Waals surface area contributed by atoms with E-state index < -0.39 is 10.0 Å². The molecule has 21 heavy (non-hydrogen) atoms. The Balaban J connectivity index is 3.02. The molecule has 0 aliphatic heterocycles. The number of aryl methyl sites for hydroxylation is 1. The predicted molar refractivity (Wildman–Crippen MR) is 83.2 cm³/mol. The fourth-order valence-corrected chi connectivity index (χ4v) is 3.20. The predicted octanol–water partition coefficient (Wildman–Crippen LogP) is 2.57. The number of halogens is 1. The van der Waals surface area contributed by atoms with Crippen LogP contribution in [0.15, 0.2) is 17.0 Å². The van der Waals surface area contributed by atoms with Crippen LogP contribution in [0, 0.1) is 18.7 Å². The zero-order valence-electron chi connectivity index (χ0n) is 13.2. The van der Waals surface area contributed by atoms with Gasteiger partial charge in [0.05, 0.1) is 4.90 Å². The molecule has 0 unspecified atom stereocenters. The molecule has 0 aliphatic carbocycles. The fraction of sp³-hybridized carbons (Fsp3) is 0.600. The second-order valence-electron chi connectivity index (χ2n) is 5.64. The number of benzene rings is 1. The Morgan fingerprint density at radius 3 is 2.52 bits per heavy atom. The number of nitrogens with one attached hydrogen (secondary N) is 2. The molecule has 1 aromatic carbocycles. The molecule has 1 aromatic rings. The lowest BCUT2D eigenvalue weighted by molar-refractivity contribution is 0.556. The third-order valence-electron chi connectivity index (χ3n) is 3.04. The number of hydrogen-bond donors (Lipinski definition) is 2. The summed E-state index contributed by atoms with van der Waals surface area (Å²) in [6, 6.07) is 2.79. The van der Waals surface area contributed by atoms with Crippen LogP contribution < -0.4 is 10.0 Å². The van der Waals surface area contributed by atoms with E-state index in [1.54, 1.807) is 6.92 Å². The highest BCUT2D eigenvalue weighted by molar-refractivity contribution is 7.89. The van der Waals surface area contributed by atoms with E-state index in [0.717, 1.165) is 13.0 Å². The first-order valence-corrected chi connectivity index (χ1v) is 8.75. The van der Waals surface area contributed by atoms with Crippen LogP contribution in [-0.2, 0) is 16.6 Å². The van der Waals surface area contributed by atoms with Crippen molar-refractivity contribution in [1.29, 1.82) is 0 Å². The molecule has 6 heteroatoms. The Bertz CT molecular complexity index is 571. The molecule has 2 N–H and O–H groups in total. The summed E-state index contributed by atoms with van der Waals surface area (Å²) in [5.74, 6) is -0.131. The molecule has 0 atom stereocenters. The Morgan fingerprint density at radius 2 is 1.95 bits per heavy atom. The van der Waals surface area contributed by atoms with Gasteiger partial charge in [-0.05, 0) is 43.5 Å². The molecule has 1 rings (SSSR count). The van der Waals surface area contributed by atoms with Gasteiger partial charge in [-0.2, -0.15) is 0 Å². The average Bonchev–Trinajstić information content (AvgIpc) is 2.41. The molecule has 0 radical (unpaired) electrons. The quantitative estimate of drug-likeness (QED) is 0.725. The first-order chi connectivity index (χ1) is 9.77. The van der Waals surface area contributed by atoms with E-state index in [-0.39, 0.29) is 16.6 Å². The molecule has 0 saturated carbocycles. The summed E-state index contributed by atoms with van der Waals surface area (Å²) in [7, 11) is -3.59. The van der Waals surface area contributed by atoms with E-state index in [4.69, 9.17) is 0 Å². The van der Waals surface area contributed by atoms with E-state index in [2.05, 4.69) is 10.0 Å². The molecule has 0 amide bonds. The molecule has 0 spiro atoms. The average molecular weight is 316 g/mol. The third kappa shape index (κ3) is 5.37. The van der Waals surface area contributed by atoms with Crippen LogP contribution >= 0.6 is 0 Å². The fourth-order valence-electron chi connectivity index (χ4n) is 1.85. The van der Waals surface area contributed by atoms with E-state index in [1.165, 1.54) is 12.1 Å². The van der Waals surface area contributed by atoms with Gasteiger partial charge in [0.1, 0.15) is 5.82 Å². The maximum absolute atomic E-state index is 14.1. The number of rotatable bonds is 8. The van der Waals surface area contributed by atoms with Gasteiger partial charge in [-0.3, -0.25) is 0 Å². The highest BCUT2D eigenvalue weighted by Crippen LogP contribution is 2.19. The normalized spacial score (nSPS) is 12.1. The van der Waals surface area contributed by atoms with Crippen molar-refractivity contribution >= 4 is 10.0 Å². The first kappa shape index (κ1) is 18.1. The Hall–Kier alpha value is -0.980. The lowest BCUT2D eigenvalue weighted by Gasteiger charge is -2.13. The highest BCUT2D eigenvalue weighted by Gasteiger charge is 2.18. The molecule has 120 valence electrons. The Morgan fingerprint density at radius 1 is 1.29 bits per heavy atom. The van der Waals surface area contributed by atoms with Crippen LogP contribution in [0.25, 0.3) is 0 Å². The topological polar surface area (TPSA) is 58.2 Å². The second-order valence-corrected chi connectivity index (χ2v) is 7.40. The second kappa shape index (κ2) is 7.87. The van der Waals surface area contributed by atoms with Gasteiger partial charge in [0.2, 0.25) is 10.0 Å². The monoisotopic (exact) mass is 316 g/mol. The molecule has 4 nitrogen and oxygen atoms in total. The van der Waals surface area contributed by atoms with Crippen molar-refractivity contribution in [3.05, 3.63) is 29.1 Å². The summed E-state index contributed by atoms with van der Waals surface area (Å²) in [5.41, 5.74) is 0.726. The van der Waals surface area contributed by atoms with Gasteiger partial charge in [-0.25, -0.2) is 17.5 Å². The minimum Gasteiger partial charge on any atom is -0.313 e. The Kier molecular flexibility index (Phi) is 6.77. The van der Waals surface area contributed by atoms with Crippen molar-refractivity contribution in [2.75, 3.05) is 13.1 Å². The summed E-state index contributed by atoms with van der Waals surface area (Å²) >= 11 is 0. The SMILES string of the molecule is CCCNCc1cc(S(=O)(=O)NCC(C)C)cc(C)c1F. The summed E-state index contributed by atoms with van der Waals surface area (Å²) in [6.45, 7) is 8.92. The zero-order valence-corrected chi connectivity index (χ0v) is 14.0. The minimum atomic E-state index is -3.59. The summed E-state index contributed by atoms with van der Waals surface area (Å²) in [4.78, 5) is 0.121. The molecule has 0 bridgehead atoms. The molecule has 0 aromatic heterocycles. The Labute approximate surface area is 127 Å². The van der Waals surface area contributed by atoms with Crippen LogP contribution in [0.3, 0.4) is 0 Å². The van der Waals surface area contributed by atoms with Crippen LogP contribution in [0.4, 0.5) is 4.39 Å². The summed E-state index contributed by atoms with van der Waals surface area (Å²) in [6.07, 6.45) is 0.939. The van der Waals surface area contributed by atoms with E-state index >= 15 is 0 Å². The molecule has 0 heterocycles. The molecular weight excluding hydrogens is 291 g/mol. The van der Waals surface area contributed by atoms with E-state index in [9.17, 15) is 12.8 Å². The van der Waals surface area contributed by atoms with Crippen molar-refractivity contribution in [1.82, 2.24) is 10.0 Å². The zero-order chi connectivity index (χ0) is 16.0. The van der Waals surface area contributed by atoms with Crippen molar-refractivity contribution in [2.24, 2.45) is 5.92 Å². The molecule has 0 fully saturated rings. The van der Waals surface area contributed by atoms with Crippen LogP contribution in [0.1, 0.15) is 38.3 Å². The van der Waals surface area contributed by atoms with Crippen molar-refractivity contribution in [2.45, 2.75) is 45.6 Å². The summed E-state index contributed by atoms with van der Waals surface area (Å²) < 4.78 is 41.1. The third-order valence-corrected chi connectivity index (χ3v) is 4.44. The van der Waals surface area contributed by atoms with Crippen molar-refractivity contribution in [3.63, 3.8) is 0 Å². The molecule has 0 saturated heterocycles. The van der Waals surface area contributed by atoms with Crippen LogP contribution in [0.5, 0.6) is 0 Å². The van der Waals surface area contributed by atoms with Gasteiger partial charge in [0, 0.05) is 18.7 Å². The lowest BCUT2D eigenvalue weighted by Crippen LogP contribution is -2.28. The molecule has 0 aliphatic rings. The van der Waals surface area contributed by atoms with Gasteiger partial charge in [0.25, 0.3) is 0 Å². The highest BCUT2D eigenvalue weighted by atomic mass is 32.2. The minimum absolute atomic E-state index is 0.121. The molecular formula is C15H25FN2O2S. The van der Waals surface area contributed by atoms with Gasteiger partial charge in [-0.15, -0.1) is 0 Å². The van der Waals surface area contributed by atoms with E-state index in [1.807, 2.05) is 20.8 Å². The van der Waals surface area contributed by atoms with E-state index in [0.29, 0.717) is 24.2 Å². The number of hydrogen-bond acceptors (Lipinski definition) is 3. The lowest BCUT2D eigenvalue weighted by atomic mass is 10.1. The maximum atomic E-state index is 14.1. The standard InChI is InChI=1S/C15H25FN2O2S/c1-5-6-17-10-13-8-14(7-12(4)15(13)16)21(19,20)18-9-11(2)3/h7-8,11,17-18H,5-6,9-10H2,1-4H3. The smallest absolute Gasteiger partial charge is 0.240 e. The summed E-state index contributed by atoms with van der Waals surface area (Å²) in [5, 5.41) is 3.09. The van der Waals surface area contributed by atoms with Gasteiger partial charge in [0.15, 0.2) is 0 Å². The van der Waals surface area contributed by atoms with Gasteiger partial charge >= 0.3 is 0 Å². The van der Waals surface area contributed by atoms with Gasteiger partial charge < -0.3 is 5.32 Å². The maximum Gasteiger partial charge on any atom is 0.240 e. The number of sulfonamides is 1.